The first-order chi connectivity index (χ1) is 8.65. The van der Waals surface area contributed by atoms with E-state index >= 15 is 0 Å². The molecule has 1 heterocycles. The zero-order valence-corrected chi connectivity index (χ0v) is 11.6. The molecule has 0 amide bonds. The van der Waals surface area contributed by atoms with E-state index in [1.807, 2.05) is 0 Å². The Labute approximate surface area is 109 Å². The molecular weight excluding hydrogens is 228 g/mol. The SMILES string of the molecule is CCCCCCc1n(CCCC(=O)O)cc[n+]1C. The Morgan fingerprint density at radius 2 is 2.11 bits per heavy atom. The highest BCUT2D eigenvalue weighted by Gasteiger charge is 2.13. The molecule has 0 aliphatic heterocycles. The van der Waals surface area contributed by atoms with Crippen molar-refractivity contribution in [1.82, 2.24) is 4.57 Å². The van der Waals surface area contributed by atoms with E-state index in [0.717, 1.165) is 13.0 Å². The summed E-state index contributed by atoms with van der Waals surface area (Å²) in [6, 6.07) is 0. The molecule has 0 atom stereocenters. The van der Waals surface area contributed by atoms with Crippen LogP contribution in [0.25, 0.3) is 0 Å². The van der Waals surface area contributed by atoms with Gasteiger partial charge in [0, 0.05) is 12.8 Å². The number of hydrogen-bond acceptors (Lipinski definition) is 1. The number of unbranched alkanes of at least 4 members (excludes halogenated alkanes) is 3. The molecule has 0 radical (unpaired) electrons. The minimum absolute atomic E-state index is 0.247. The van der Waals surface area contributed by atoms with Crippen molar-refractivity contribution < 1.29 is 14.5 Å². The number of aliphatic carboxylic acids is 1. The fourth-order valence-corrected chi connectivity index (χ4v) is 2.19. The average molecular weight is 253 g/mol. The molecule has 102 valence electrons. The number of nitrogens with zero attached hydrogens (tertiary/aromatic N) is 2. The second-order valence-electron chi connectivity index (χ2n) is 4.83. The Kier molecular flexibility index (Phi) is 6.47. The van der Waals surface area contributed by atoms with Crippen molar-refractivity contribution in [2.75, 3.05) is 0 Å². The monoisotopic (exact) mass is 253 g/mol. The zero-order valence-electron chi connectivity index (χ0n) is 11.6. The van der Waals surface area contributed by atoms with Crippen LogP contribution >= 0.6 is 0 Å². The van der Waals surface area contributed by atoms with E-state index in [2.05, 4.69) is 35.5 Å². The minimum Gasteiger partial charge on any atom is -0.481 e. The van der Waals surface area contributed by atoms with Crippen molar-refractivity contribution in [3.8, 4) is 0 Å². The summed E-state index contributed by atoms with van der Waals surface area (Å²) in [7, 11) is 2.06. The van der Waals surface area contributed by atoms with Gasteiger partial charge in [-0.1, -0.05) is 26.2 Å². The molecule has 4 heteroatoms. The molecule has 0 fully saturated rings. The Hall–Kier alpha value is -1.32. The number of carboxylic acid groups (broad SMARTS) is 1. The van der Waals surface area contributed by atoms with Crippen molar-refractivity contribution in [2.24, 2.45) is 7.05 Å². The summed E-state index contributed by atoms with van der Waals surface area (Å²) in [6.45, 7) is 3.02. The van der Waals surface area contributed by atoms with E-state index in [4.69, 9.17) is 5.11 Å². The topological polar surface area (TPSA) is 46.1 Å². The molecule has 0 unspecified atom stereocenters. The van der Waals surface area contributed by atoms with Crippen molar-refractivity contribution >= 4 is 5.97 Å². The third-order valence-corrected chi connectivity index (χ3v) is 3.25. The largest absolute Gasteiger partial charge is 0.481 e. The van der Waals surface area contributed by atoms with Crippen LogP contribution in [0.15, 0.2) is 12.4 Å². The van der Waals surface area contributed by atoms with Gasteiger partial charge in [0.05, 0.1) is 13.6 Å². The molecule has 1 rings (SSSR count). The third-order valence-electron chi connectivity index (χ3n) is 3.25. The van der Waals surface area contributed by atoms with Crippen LogP contribution in [0.2, 0.25) is 0 Å². The highest BCUT2D eigenvalue weighted by Crippen LogP contribution is 2.06. The van der Waals surface area contributed by atoms with Gasteiger partial charge in [-0.25, -0.2) is 9.13 Å². The smallest absolute Gasteiger partial charge is 0.303 e. The van der Waals surface area contributed by atoms with E-state index in [1.54, 1.807) is 0 Å². The molecule has 1 aromatic rings. The van der Waals surface area contributed by atoms with Crippen LogP contribution in [-0.4, -0.2) is 15.6 Å². The summed E-state index contributed by atoms with van der Waals surface area (Å²) in [5, 5.41) is 8.65. The Bertz CT molecular complexity index is 372. The maximum Gasteiger partial charge on any atom is 0.303 e. The van der Waals surface area contributed by atoms with Crippen molar-refractivity contribution in [3.63, 3.8) is 0 Å². The number of imidazole rings is 1. The predicted molar refractivity (Wildman–Crippen MR) is 70.3 cm³/mol. The number of hydrogen-bond donors (Lipinski definition) is 1. The van der Waals surface area contributed by atoms with E-state index in [9.17, 15) is 4.79 Å². The van der Waals surface area contributed by atoms with Crippen molar-refractivity contribution in [3.05, 3.63) is 18.2 Å². The van der Waals surface area contributed by atoms with Gasteiger partial charge in [0.15, 0.2) is 0 Å². The third kappa shape index (κ3) is 4.90. The number of aryl methyl sites for hydroxylation is 2. The Balaban J connectivity index is 2.44. The van der Waals surface area contributed by atoms with Crippen LogP contribution in [0.5, 0.6) is 0 Å². The van der Waals surface area contributed by atoms with E-state index in [0.29, 0.717) is 6.42 Å². The van der Waals surface area contributed by atoms with Gasteiger partial charge < -0.3 is 5.11 Å². The first kappa shape index (κ1) is 14.7. The molecule has 0 bridgehead atoms. The van der Waals surface area contributed by atoms with E-state index in [1.165, 1.54) is 31.5 Å². The molecular formula is C14H25N2O2+. The normalized spacial score (nSPS) is 10.8. The molecule has 0 saturated heterocycles. The molecule has 1 N–H and O–H groups in total. The quantitative estimate of drug-likeness (QED) is 0.542. The maximum absolute atomic E-state index is 10.5. The fraction of sp³-hybridized carbons (Fsp3) is 0.714. The first-order valence-corrected chi connectivity index (χ1v) is 6.90. The second kappa shape index (κ2) is 7.90. The maximum atomic E-state index is 10.5. The number of carboxylic acids is 1. The van der Waals surface area contributed by atoms with Gasteiger partial charge in [-0.3, -0.25) is 4.79 Å². The summed E-state index contributed by atoms with van der Waals surface area (Å²) < 4.78 is 4.33. The molecule has 0 aromatic carbocycles. The summed E-state index contributed by atoms with van der Waals surface area (Å²) in [4.78, 5) is 10.5. The molecule has 18 heavy (non-hydrogen) atoms. The molecule has 0 saturated carbocycles. The van der Waals surface area contributed by atoms with Gasteiger partial charge in [-0.15, -0.1) is 0 Å². The summed E-state index contributed by atoms with van der Waals surface area (Å²) >= 11 is 0. The van der Waals surface area contributed by atoms with Crippen LogP contribution in [0, 0.1) is 0 Å². The van der Waals surface area contributed by atoms with Gasteiger partial charge >= 0.3 is 5.97 Å². The van der Waals surface area contributed by atoms with Crippen molar-refractivity contribution in [1.29, 1.82) is 0 Å². The Morgan fingerprint density at radius 1 is 1.33 bits per heavy atom. The summed E-state index contributed by atoms with van der Waals surface area (Å²) in [6.07, 6.45) is 11.2. The molecule has 0 aliphatic rings. The minimum atomic E-state index is -0.712. The number of rotatable bonds is 9. The molecule has 4 nitrogen and oxygen atoms in total. The van der Waals surface area contributed by atoms with E-state index in [-0.39, 0.29) is 6.42 Å². The standard InChI is InChI=1S/C14H24N2O2/c1-3-4-5-6-8-13-15(2)11-12-16(13)10-7-9-14(17)18/h11-12H,3-10H2,1-2H3/p+1. The van der Waals surface area contributed by atoms with Crippen LogP contribution in [0.1, 0.15) is 51.3 Å². The molecule has 1 aromatic heterocycles. The van der Waals surface area contributed by atoms with Crippen LogP contribution < -0.4 is 4.57 Å². The van der Waals surface area contributed by atoms with Gasteiger partial charge in [0.2, 0.25) is 0 Å². The molecule has 0 aliphatic carbocycles. The number of carbonyl (C=O) groups is 1. The van der Waals surface area contributed by atoms with Gasteiger partial charge in [-0.2, -0.15) is 0 Å². The fourth-order valence-electron chi connectivity index (χ4n) is 2.19. The molecule has 0 spiro atoms. The van der Waals surface area contributed by atoms with Crippen LogP contribution in [0.4, 0.5) is 0 Å². The Morgan fingerprint density at radius 3 is 2.78 bits per heavy atom. The van der Waals surface area contributed by atoms with Gasteiger partial charge in [0.1, 0.15) is 12.4 Å². The van der Waals surface area contributed by atoms with Crippen LogP contribution in [-0.2, 0) is 24.8 Å². The second-order valence-corrected chi connectivity index (χ2v) is 4.83. The summed E-state index contributed by atoms with van der Waals surface area (Å²) in [5.41, 5.74) is 0. The lowest BCUT2D eigenvalue weighted by Crippen LogP contribution is -2.32. The van der Waals surface area contributed by atoms with Gasteiger partial charge in [-0.05, 0) is 12.8 Å². The lowest BCUT2D eigenvalue weighted by molar-refractivity contribution is -0.678. The van der Waals surface area contributed by atoms with Crippen molar-refractivity contribution in [2.45, 2.75) is 58.4 Å². The lowest BCUT2D eigenvalue weighted by atomic mass is 10.1. The first-order valence-electron chi connectivity index (χ1n) is 6.90. The lowest BCUT2D eigenvalue weighted by Gasteiger charge is -2.02. The van der Waals surface area contributed by atoms with Gasteiger partial charge in [0.25, 0.3) is 5.82 Å². The predicted octanol–water partition coefficient (Wildman–Crippen LogP) is 2.30. The van der Waals surface area contributed by atoms with E-state index < -0.39 is 5.97 Å². The average Bonchev–Trinajstić information content (AvgIpc) is 2.66. The zero-order chi connectivity index (χ0) is 13.4. The highest BCUT2D eigenvalue weighted by atomic mass is 16.4. The highest BCUT2D eigenvalue weighted by molar-refractivity contribution is 5.66. The summed E-state index contributed by atoms with van der Waals surface area (Å²) in [5.74, 6) is 0.590. The number of aromatic nitrogens is 2. The van der Waals surface area contributed by atoms with Crippen LogP contribution in [0.3, 0.4) is 0 Å².